The van der Waals surface area contributed by atoms with E-state index in [-0.39, 0.29) is 12.4 Å². The number of halogens is 1. The minimum atomic E-state index is -0.213. The van der Waals surface area contributed by atoms with E-state index in [0.29, 0.717) is 6.47 Å². The number of rotatable bonds is 7. The molecule has 1 aliphatic carbocycles. The molecule has 0 aromatic heterocycles. The minimum Gasteiger partial charge on any atom is -0.463 e. The molecule has 1 saturated carbocycles. The Hall–Kier alpha value is -2.62. The molecule has 0 spiro atoms. The van der Waals surface area contributed by atoms with Crippen molar-refractivity contribution in [1.29, 1.82) is 0 Å². The van der Waals surface area contributed by atoms with E-state index in [4.69, 9.17) is 4.74 Å². The summed E-state index contributed by atoms with van der Waals surface area (Å²) in [4.78, 5) is 10.2. The van der Waals surface area contributed by atoms with Gasteiger partial charge in [0.15, 0.2) is 0 Å². The molecule has 0 heterocycles. The van der Waals surface area contributed by atoms with E-state index >= 15 is 0 Å². The van der Waals surface area contributed by atoms with Gasteiger partial charge in [-0.3, -0.25) is 4.79 Å². The normalized spacial score (nSPS) is 12.7. The summed E-state index contributed by atoms with van der Waals surface area (Å²) in [6.07, 6.45) is 3.01. The molecule has 0 saturated heterocycles. The van der Waals surface area contributed by atoms with Crippen LogP contribution < -0.4 is 5.32 Å². The van der Waals surface area contributed by atoms with Crippen LogP contribution in [0, 0.1) is 5.82 Å². The fraction of sp³-hybridized carbons (Fsp3) is 0.211. The van der Waals surface area contributed by atoms with Crippen molar-refractivity contribution < 1.29 is 13.9 Å². The number of nitrogens with one attached hydrogen (secondary N) is 1. The standard InChI is InChI=1S/C19H18FNO2/c20-17-7-1-14(2-8-17)11-19(16-5-6-16)21-18-9-3-15(4-10-18)12-23-13-22/h1-4,7-10,13,21H,5-6,11-12H2. The van der Waals surface area contributed by atoms with Gasteiger partial charge < -0.3 is 10.1 Å². The zero-order valence-corrected chi connectivity index (χ0v) is 12.7. The molecule has 2 aromatic rings. The average molecular weight is 311 g/mol. The second-order valence-electron chi connectivity index (χ2n) is 5.61. The van der Waals surface area contributed by atoms with E-state index in [1.807, 2.05) is 36.4 Å². The summed E-state index contributed by atoms with van der Waals surface area (Å²) in [6, 6.07) is 14.4. The van der Waals surface area contributed by atoms with Gasteiger partial charge >= 0.3 is 0 Å². The molecular formula is C19H18FNO2. The first-order valence-corrected chi connectivity index (χ1v) is 7.61. The number of allylic oxidation sites excluding steroid dienone is 2. The molecular weight excluding hydrogens is 293 g/mol. The summed E-state index contributed by atoms with van der Waals surface area (Å²) in [6.45, 7) is 0.734. The zero-order chi connectivity index (χ0) is 16.1. The Morgan fingerprint density at radius 1 is 1.04 bits per heavy atom. The Morgan fingerprint density at radius 2 is 1.70 bits per heavy atom. The predicted octanol–water partition coefficient (Wildman–Crippen LogP) is 4.20. The highest BCUT2D eigenvalue weighted by Crippen LogP contribution is 2.33. The van der Waals surface area contributed by atoms with Gasteiger partial charge in [0.25, 0.3) is 6.47 Å². The largest absolute Gasteiger partial charge is 0.463 e. The summed E-state index contributed by atoms with van der Waals surface area (Å²) in [5.74, 6) is -0.213. The number of benzene rings is 2. The van der Waals surface area contributed by atoms with Crippen LogP contribution in [0.5, 0.6) is 0 Å². The molecule has 0 bridgehead atoms. The highest BCUT2D eigenvalue weighted by Gasteiger charge is 2.18. The van der Waals surface area contributed by atoms with Crippen LogP contribution in [0.4, 0.5) is 10.1 Å². The maximum Gasteiger partial charge on any atom is 0.293 e. The van der Waals surface area contributed by atoms with Crippen LogP contribution in [-0.2, 0) is 22.6 Å². The quantitative estimate of drug-likeness (QED) is 0.779. The van der Waals surface area contributed by atoms with E-state index in [2.05, 4.69) is 5.32 Å². The lowest BCUT2D eigenvalue weighted by Gasteiger charge is -2.12. The van der Waals surface area contributed by atoms with E-state index < -0.39 is 0 Å². The van der Waals surface area contributed by atoms with Gasteiger partial charge in [0, 0.05) is 17.8 Å². The van der Waals surface area contributed by atoms with Crippen LogP contribution in [0.15, 0.2) is 59.8 Å². The molecule has 0 radical (unpaired) electrons. The van der Waals surface area contributed by atoms with E-state index in [1.165, 1.54) is 23.4 Å². The van der Waals surface area contributed by atoms with Gasteiger partial charge in [0.05, 0.1) is 0 Å². The highest BCUT2D eigenvalue weighted by atomic mass is 19.1. The topological polar surface area (TPSA) is 38.3 Å². The lowest BCUT2D eigenvalue weighted by atomic mass is 10.1. The van der Waals surface area contributed by atoms with Crippen molar-refractivity contribution >= 4 is 12.2 Å². The third kappa shape index (κ3) is 4.42. The van der Waals surface area contributed by atoms with Gasteiger partial charge in [-0.05, 0) is 53.8 Å². The van der Waals surface area contributed by atoms with Crippen molar-refractivity contribution in [2.75, 3.05) is 5.32 Å². The number of carbonyl (C=O) groups excluding carboxylic acids is 1. The molecule has 4 heteroatoms. The molecule has 1 N–H and O–H groups in total. The Bertz CT molecular complexity index is 699. The van der Waals surface area contributed by atoms with Crippen molar-refractivity contribution in [2.24, 2.45) is 0 Å². The molecule has 0 atom stereocenters. The number of hydrogen-bond acceptors (Lipinski definition) is 3. The minimum absolute atomic E-state index is 0.213. The first kappa shape index (κ1) is 15.3. The van der Waals surface area contributed by atoms with Crippen LogP contribution in [0.25, 0.3) is 0 Å². The SMILES string of the molecule is O=COCc1ccc(NC(Cc2ccc(F)cc2)=C2CC2)cc1. The van der Waals surface area contributed by atoms with Crippen molar-refractivity contribution in [3.05, 3.63) is 76.7 Å². The summed E-state index contributed by atoms with van der Waals surface area (Å²) < 4.78 is 17.7. The molecule has 0 amide bonds. The van der Waals surface area contributed by atoms with Gasteiger partial charge in [0.2, 0.25) is 0 Å². The Labute approximate surface area is 134 Å². The first-order chi connectivity index (χ1) is 11.2. The second kappa shape index (κ2) is 7.09. The Kier molecular flexibility index (Phi) is 4.71. The van der Waals surface area contributed by atoms with Crippen molar-refractivity contribution in [3.63, 3.8) is 0 Å². The average Bonchev–Trinajstić information content (AvgIpc) is 3.40. The number of ether oxygens (including phenoxy) is 1. The molecule has 3 nitrogen and oxygen atoms in total. The predicted molar refractivity (Wildman–Crippen MR) is 87.3 cm³/mol. The fourth-order valence-electron chi connectivity index (χ4n) is 2.42. The van der Waals surface area contributed by atoms with E-state index in [0.717, 1.165) is 36.1 Å². The maximum absolute atomic E-state index is 13.0. The Balaban J connectivity index is 1.67. The first-order valence-electron chi connectivity index (χ1n) is 7.61. The zero-order valence-electron chi connectivity index (χ0n) is 12.7. The summed E-state index contributed by atoms with van der Waals surface area (Å²) in [7, 11) is 0. The lowest BCUT2D eigenvalue weighted by Crippen LogP contribution is -2.04. The van der Waals surface area contributed by atoms with Gasteiger partial charge in [0.1, 0.15) is 12.4 Å². The van der Waals surface area contributed by atoms with E-state index in [1.54, 1.807) is 0 Å². The van der Waals surface area contributed by atoms with Gasteiger partial charge in [-0.2, -0.15) is 0 Å². The van der Waals surface area contributed by atoms with Gasteiger partial charge in [-0.25, -0.2) is 4.39 Å². The van der Waals surface area contributed by atoms with Crippen LogP contribution in [0.2, 0.25) is 0 Å². The summed E-state index contributed by atoms with van der Waals surface area (Å²) >= 11 is 0. The van der Waals surface area contributed by atoms with Crippen molar-refractivity contribution in [2.45, 2.75) is 25.9 Å². The molecule has 1 aliphatic rings. The third-order valence-electron chi connectivity index (χ3n) is 3.79. The Morgan fingerprint density at radius 3 is 2.30 bits per heavy atom. The highest BCUT2D eigenvalue weighted by molar-refractivity contribution is 5.52. The van der Waals surface area contributed by atoms with Crippen molar-refractivity contribution in [1.82, 2.24) is 0 Å². The molecule has 0 aliphatic heterocycles. The molecule has 2 aromatic carbocycles. The van der Waals surface area contributed by atoms with Crippen molar-refractivity contribution in [3.8, 4) is 0 Å². The molecule has 23 heavy (non-hydrogen) atoms. The third-order valence-corrected chi connectivity index (χ3v) is 3.79. The molecule has 3 rings (SSSR count). The van der Waals surface area contributed by atoms with Crippen LogP contribution in [-0.4, -0.2) is 6.47 Å². The van der Waals surface area contributed by atoms with E-state index in [9.17, 15) is 9.18 Å². The second-order valence-corrected chi connectivity index (χ2v) is 5.61. The molecule has 0 unspecified atom stereocenters. The number of hydrogen-bond donors (Lipinski definition) is 1. The monoisotopic (exact) mass is 311 g/mol. The molecule has 118 valence electrons. The van der Waals surface area contributed by atoms with Gasteiger partial charge in [-0.15, -0.1) is 0 Å². The lowest BCUT2D eigenvalue weighted by molar-refractivity contribution is -0.129. The summed E-state index contributed by atoms with van der Waals surface area (Å²) in [5.41, 5.74) is 5.64. The van der Waals surface area contributed by atoms with Gasteiger partial charge in [-0.1, -0.05) is 24.3 Å². The molecule has 1 fully saturated rings. The maximum atomic E-state index is 13.0. The number of carbonyl (C=O) groups is 1. The number of anilines is 1. The van der Waals surface area contributed by atoms with Crippen LogP contribution in [0.3, 0.4) is 0 Å². The van der Waals surface area contributed by atoms with Crippen LogP contribution in [0.1, 0.15) is 24.0 Å². The smallest absolute Gasteiger partial charge is 0.293 e. The summed E-state index contributed by atoms with van der Waals surface area (Å²) in [5, 5.41) is 3.46. The fourth-order valence-corrected chi connectivity index (χ4v) is 2.42. The van der Waals surface area contributed by atoms with Crippen LogP contribution >= 0.6 is 0 Å².